The monoisotopic (exact) mass is 294 g/mol. The van der Waals surface area contributed by atoms with Crippen LogP contribution in [0, 0.1) is 11.3 Å². The third kappa shape index (κ3) is 3.67. The van der Waals surface area contributed by atoms with Crippen molar-refractivity contribution >= 4 is 17.3 Å². The molecule has 112 valence electrons. The van der Waals surface area contributed by atoms with E-state index in [9.17, 15) is 0 Å². The number of benzene rings is 1. The molecule has 1 aromatic carbocycles. The molecule has 0 aromatic heterocycles. The van der Waals surface area contributed by atoms with Gasteiger partial charge < -0.3 is 10.6 Å². The van der Waals surface area contributed by atoms with E-state index in [1.807, 2.05) is 6.07 Å². The van der Waals surface area contributed by atoms with Crippen LogP contribution in [0.4, 0.5) is 5.69 Å². The summed E-state index contributed by atoms with van der Waals surface area (Å²) in [4.78, 5) is 2.47. The molecular weight excluding hydrogens is 268 g/mol. The number of rotatable bonds is 2. The fourth-order valence-corrected chi connectivity index (χ4v) is 3.37. The Labute approximate surface area is 128 Å². The van der Waals surface area contributed by atoms with Crippen LogP contribution in [-0.2, 0) is 6.54 Å². The molecule has 1 heterocycles. The van der Waals surface area contributed by atoms with E-state index in [0.717, 1.165) is 24.0 Å². The Balaban J connectivity index is 2.16. The SMILES string of the molecule is CC(C)(C)C1CCCN(c2cc(Cl)ccc2CN)CC1. The van der Waals surface area contributed by atoms with Gasteiger partial charge in [-0.05, 0) is 48.3 Å². The first-order valence-electron chi connectivity index (χ1n) is 7.65. The number of halogens is 1. The van der Waals surface area contributed by atoms with E-state index in [1.54, 1.807) is 0 Å². The first-order chi connectivity index (χ1) is 9.41. The van der Waals surface area contributed by atoms with Gasteiger partial charge in [-0.15, -0.1) is 0 Å². The summed E-state index contributed by atoms with van der Waals surface area (Å²) in [6.45, 7) is 9.87. The maximum Gasteiger partial charge on any atom is 0.0426 e. The molecule has 2 N–H and O–H groups in total. The van der Waals surface area contributed by atoms with Crippen molar-refractivity contribution in [2.24, 2.45) is 17.1 Å². The zero-order chi connectivity index (χ0) is 14.8. The van der Waals surface area contributed by atoms with Crippen molar-refractivity contribution in [1.29, 1.82) is 0 Å². The summed E-state index contributed by atoms with van der Waals surface area (Å²) in [5.74, 6) is 0.799. The van der Waals surface area contributed by atoms with Crippen LogP contribution in [0.1, 0.15) is 45.6 Å². The topological polar surface area (TPSA) is 29.3 Å². The number of anilines is 1. The van der Waals surface area contributed by atoms with Gasteiger partial charge in [-0.25, -0.2) is 0 Å². The number of nitrogens with zero attached hydrogens (tertiary/aromatic N) is 1. The second-order valence-electron chi connectivity index (χ2n) is 6.96. The third-order valence-electron chi connectivity index (χ3n) is 4.56. The van der Waals surface area contributed by atoms with Crippen LogP contribution in [-0.4, -0.2) is 13.1 Å². The molecule has 0 amide bonds. The lowest BCUT2D eigenvalue weighted by molar-refractivity contribution is 0.220. The summed E-state index contributed by atoms with van der Waals surface area (Å²) < 4.78 is 0. The minimum atomic E-state index is 0.404. The Morgan fingerprint density at radius 3 is 2.65 bits per heavy atom. The molecule has 1 atom stereocenters. The highest BCUT2D eigenvalue weighted by atomic mass is 35.5. The van der Waals surface area contributed by atoms with Crippen molar-refractivity contribution in [1.82, 2.24) is 0 Å². The normalized spacial score (nSPS) is 20.9. The highest BCUT2D eigenvalue weighted by Crippen LogP contribution is 2.36. The standard InChI is InChI=1S/C17H27ClN2/c1-17(2,3)14-5-4-9-20(10-8-14)16-11-15(18)7-6-13(16)12-19/h6-7,11,14H,4-5,8-10,12,19H2,1-3H3. The number of nitrogens with two attached hydrogens (primary N) is 1. The molecular formula is C17H27ClN2. The van der Waals surface area contributed by atoms with E-state index in [4.69, 9.17) is 17.3 Å². The van der Waals surface area contributed by atoms with Crippen molar-refractivity contribution < 1.29 is 0 Å². The lowest BCUT2D eigenvalue weighted by atomic mass is 9.77. The highest BCUT2D eigenvalue weighted by molar-refractivity contribution is 6.30. The molecule has 1 fully saturated rings. The van der Waals surface area contributed by atoms with E-state index < -0.39 is 0 Å². The van der Waals surface area contributed by atoms with Gasteiger partial charge in [-0.3, -0.25) is 0 Å². The molecule has 0 saturated carbocycles. The Morgan fingerprint density at radius 1 is 1.25 bits per heavy atom. The van der Waals surface area contributed by atoms with Crippen LogP contribution in [0.2, 0.25) is 5.02 Å². The maximum absolute atomic E-state index is 6.17. The first kappa shape index (κ1) is 15.7. The lowest BCUT2D eigenvalue weighted by Crippen LogP contribution is -2.27. The summed E-state index contributed by atoms with van der Waals surface area (Å²) in [5, 5.41) is 0.800. The van der Waals surface area contributed by atoms with Crippen molar-refractivity contribution in [3.05, 3.63) is 28.8 Å². The predicted molar refractivity (Wildman–Crippen MR) is 88.4 cm³/mol. The van der Waals surface area contributed by atoms with E-state index in [0.29, 0.717) is 12.0 Å². The third-order valence-corrected chi connectivity index (χ3v) is 4.80. The molecule has 1 aliphatic rings. The van der Waals surface area contributed by atoms with Crippen LogP contribution in [0.5, 0.6) is 0 Å². The van der Waals surface area contributed by atoms with Crippen molar-refractivity contribution in [3.63, 3.8) is 0 Å². The average Bonchev–Trinajstić information content (AvgIpc) is 2.63. The average molecular weight is 295 g/mol. The summed E-state index contributed by atoms with van der Waals surface area (Å²) in [6, 6.07) is 6.06. The molecule has 0 bridgehead atoms. The van der Waals surface area contributed by atoms with Crippen LogP contribution in [0.15, 0.2) is 18.2 Å². The Hall–Kier alpha value is -0.730. The van der Waals surface area contributed by atoms with E-state index in [-0.39, 0.29) is 0 Å². The fourth-order valence-electron chi connectivity index (χ4n) is 3.21. The predicted octanol–water partition coefficient (Wildman–Crippen LogP) is 4.45. The van der Waals surface area contributed by atoms with Gasteiger partial charge in [0, 0.05) is 30.3 Å². The molecule has 3 heteroatoms. The van der Waals surface area contributed by atoms with Crippen molar-refractivity contribution in [2.75, 3.05) is 18.0 Å². The van der Waals surface area contributed by atoms with Crippen LogP contribution in [0.25, 0.3) is 0 Å². The van der Waals surface area contributed by atoms with E-state index >= 15 is 0 Å². The summed E-state index contributed by atoms with van der Waals surface area (Å²) in [6.07, 6.45) is 3.82. The van der Waals surface area contributed by atoms with Crippen LogP contribution < -0.4 is 10.6 Å². The smallest absolute Gasteiger partial charge is 0.0426 e. The molecule has 1 aliphatic heterocycles. The van der Waals surface area contributed by atoms with Gasteiger partial charge in [-0.1, -0.05) is 38.4 Å². The number of hydrogen-bond donors (Lipinski definition) is 1. The van der Waals surface area contributed by atoms with Gasteiger partial charge in [0.2, 0.25) is 0 Å². The van der Waals surface area contributed by atoms with Crippen molar-refractivity contribution in [3.8, 4) is 0 Å². The summed E-state index contributed by atoms with van der Waals surface area (Å²) in [7, 11) is 0. The second kappa shape index (κ2) is 6.36. The molecule has 20 heavy (non-hydrogen) atoms. The lowest BCUT2D eigenvalue weighted by Gasteiger charge is -2.30. The van der Waals surface area contributed by atoms with E-state index in [2.05, 4.69) is 37.8 Å². The molecule has 0 aliphatic carbocycles. The van der Waals surface area contributed by atoms with Crippen LogP contribution >= 0.6 is 11.6 Å². The van der Waals surface area contributed by atoms with Gasteiger partial charge >= 0.3 is 0 Å². The van der Waals surface area contributed by atoms with Gasteiger partial charge in [0.15, 0.2) is 0 Å². The van der Waals surface area contributed by atoms with E-state index in [1.165, 1.54) is 30.5 Å². The Bertz CT molecular complexity index is 451. The zero-order valence-corrected chi connectivity index (χ0v) is 13.7. The van der Waals surface area contributed by atoms with Crippen molar-refractivity contribution in [2.45, 2.75) is 46.6 Å². The Kier molecular flexibility index (Phi) is 4.98. The molecule has 1 aromatic rings. The summed E-state index contributed by atoms with van der Waals surface area (Å²) in [5.41, 5.74) is 8.71. The summed E-state index contributed by atoms with van der Waals surface area (Å²) >= 11 is 6.17. The molecule has 2 nitrogen and oxygen atoms in total. The largest absolute Gasteiger partial charge is 0.371 e. The van der Waals surface area contributed by atoms with Gasteiger partial charge in [0.1, 0.15) is 0 Å². The maximum atomic E-state index is 6.17. The van der Waals surface area contributed by atoms with Crippen LogP contribution in [0.3, 0.4) is 0 Å². The quantitative estimate of drug-likeness (QED) is 0.873. The molecule has 1 saturated heterocycles. The molecule has 0 spiro atoms. The fraction of sp³-hybridized carbons (Fsp3) is 0.647. The second-order valence-corrected chi connectivity index (χ2v) is 7.39. The Morgan fingerprint density at radius 2 is 2.00 bits per heavy atom. The van der Waals surface area contributed by atoms with Gasteiger partial charge in [0.25, 0.3) is 0 Å². The molecule has 0 radical (unpaired) electrons. The minimum absolute atomic E-state index is 0.404. The van der Waals surface area contributed by atoms with Gasteiger partial charge in [-0.2, -0.15) is 0 Å². The molecule has 1 unspecified atom stereocenters. The van der Waals surface area contributed by atoms with Gasteiger partial charge in [0.05, 0.1) is 0 Å². The highest BCUT2D eigenvalue weighted by Gasteiger charge is 2.27. The number of hydrogen-bond acceptors (Lipinski definition) is 2. The first-order valence-corrected chi connectivity index (χ1v) is 8.03. The zero-order valence-electron chi connectivity index (χ0n) is 13.0. The minimum Gasteiger partial charge on any atom is -0.371 e. The molecule has 2 rings (SSSR count).